The Bertz CT molecular complexity index is 487. The number of ether oxygens (including phenoxy) is 1. The van der Waals surface area contributed by atoms with Gasteiger partial charge >= 0.3 is 6.61 Å². The van der Waals surface area contributed by atoms with Gasteiger partial charge in [0.2, 0.25) is 0 Å². The average molecular weight is 242 g/mol. The molecule has 0 unspecified atom stereocenters. The highest BCUT2D eigenvalue weighted by Crippen LogP contribution is 2.26. The summed E-state index contributed by atoms with van der Waals surface area (Å²) in [5.74, 6) is 0.110. The molecule has 0 bridgehead atoms. The average Bonchev–Trinajstić information content (AvgIpc) is 2.64. The van der Waals surface area contributed by atoms with E-state index in [9.17, 15) is 8.78 Å². The van der Waals surface area contributed by atoms with E-state index in [2.05, 4.69) is 9.72 Å². The van der Waals surface area contributed by atoms with Gasteiger partial charge in [-0.25, -0.2) is 4.98 Å². The quantitative estimate of drug-likeness (QED) is 0.900. The van der Waals surface area contributed by atoms with Crippen LogP contribution in [0.3, 0.4) is 0 Å². The molecule has 16 heavy (non-hydrogen) atoms. The highest BCUT2D eigenvalue weighted by Gasteiger charge is 2.07. The van der Waals surface area contributed by atoms with Gasteiger partial charge in [0.05, 0.1) is 5.69 Å². The Kier molecular flexibility index (Phi) is 3.00. The zero-order valence-electron chi connectivity index (χ0n) is 8.06. The van der Waals surface area contributed by atoms with E-state index in [0.717, 1.165) is 0 Å². The van der Waals surface area contributed by atoms with Crippen LogP contribution in [0, 0.1) is 0 Å². The van der Waals surface area contributed by atoms with E-state index < -0.39 is 6.61 Å². The third-order valence-corrected chi connectivity index (χ3v) is 2.55. The Hall–Kier alpha value is -1.69. The number of alkyl halides is 2. The largest absolute Gasteiger partial charge is 0.435 e. The summed E-state index contributed by atoms with van der Waals surface area (Å²) in [7, 11) is 0. The zero-order valence-corrected chi connectivity index (χ0v) is 8.88. The summed E-state index contributed by atoms with van der Waals surface area (Å²) in [4.78, 5) is 4.05. The number of nitrogens with zero attached hydrogens (tertiary/aromatic N) is 1. The maximum Gasteiger partial charge on any atom is 0.387 e. The van der Waals surface area contributed by atoms with Crippen LogP contribution in [0.5, 0.6) is 5.75 Å². The van der Waals surface area contributed by atoms with E-state index in [0.29, 0.717) is 16.4 Å². The van der Waals surface area contributed by atoms with Crippen LogP contribution < -0.4 is 10.5 Å². The predicted molar refractivity (Wildman–Crippen MR) is 58.6 cm³/mol. The molecule has 0 aliphatic rings. The number of rotatable bonds is 3. The number of thiazole rings is 1. The fourth-order valence-corrected chi connectivity index (χ4v) is 1.82. The molecule has 1 heterocycles. The van der Waals surface area contributed by atoms with Gasteiger partial charge in [-0.1, -0.05) is 12.1 Å². The summed E-state index contributed by atoms with van der Waals surface area (Å²) in [5, 5.41) is 2.20. The maximum absolute atomic E-state index is 12.0. The van der Waals surface area contributed by atoms with Crippen molar-refractivity contribution in [2.24, 2.45) is 0 Å². The molecule has 0 fully saturated rings. The topological polar surface area (TPSA) is 48.1 Å². The monoisotopic (exact) mass is 242 g/mol. The summed E-state index contributed by atoms with van der Waals surface area (Å²) in [6, 6.07) is 6.35. The number of benzene rings is 1. The molecule has 6 heteroatoms. The molecule has 0 aliphatic heterocycles. The Morgan fingerprint density at radius 3 is 2.81 bits per heavy atom. The van der Waals surface area contributed by atoms with Crippen molar-refractivity contribution in [2.45, 2.75) is 6.61 Å². The van der Waals surface area contributed by atoms with Crippen LogP contribution >= 0.6 is 11.3 Å². The third kappa shape index (κ3) is 2.46. The maximum atomic E-state index is 12.0. The predicted octanol–water partition coefficient (Wildman–Crippen LogP) is 2.99. The molecule has 0 atom stereocenters. The molecule has 0 amide bonds. The fourth-order valence-electron chi connectivity index (χ4n) is 1.25. The van der Waals surface area contributed by atoms with Gasteiger partial charge in [-0.15, -0.1) is 11.3 Å². The van der Waals surface area contributed by atoms with Crippen LogP contribution in [0.25, 0.3) is 11.3 Å². The molecule has 1 aromatic heterocycles. The molecular formula is C10H8F2N2OS. The second kappa shape index (κ2) is 4.44. The first kappa shape index (κ1) is 10.8. The Morgan fingerprint density at radius 1 is 1.38 bits per heavy atom. The Morgan fingerprint density at radius 2 is 2.19 bits per heavy atom. The lowest BCUT2D eigenvalue weighted by atomic mass is 10.2. The van der Waals surface area contributed by atoms with Crippen LogP contribution in [0.4, 0.5) is 13.9 Å². The first-order chi connectivity index (χ1) is 7.65. The molecule has 0 aliphatic carbocycles. The standard InChI is InChI=1S/C10H8F2N2OS/c11-9(12)15-7-3-1-2-6(4-7)8-5-16-10(13)14-8/h1-5,9H,(H2,13,14). The van der Waals surface area contributed by atoms with Gasteiger partial charge in [-0.05, 0) is 12.1 Å². The van der Waals surface area contributed by atoms with E-state index in [1.165, 1.54) is 23.5 Å². The van der Waals surface area contributed by atoms with E-state index >= 15 is 0 Å². The lowest BCUT2D eigenvalue weighted by Gasteiger charge is -2.05. The second-order valence-corrected chi connectivity index (χ2v) is 3.87. The van der Waals surface area contributed by atoms with Gasteiger partial charge in [0.25, 0.3) is 0 Å². The number of hydrogen-bond donors (Lipinski definition) is 1. The lowest BCUT2D eigenvalue weighted by molar-refractivity contribution is -0.0498. The molecule has 2 aromatic rings. The first-order valence-electron chi connectivity index (χ1n) is 4.41. The van der Waals surface area contributed by atoms with Crippen LogP contribution in [0.15, 0.2) is 29.6 Å². The smallest absolute Gasteiger partial charge is 0.387 e. The minimum atomic E-state index is -2.82. The Labute approximate surface area is 94.5 Å². The SMILES string of the molecule is Nc1nc(-c2cccc(OC(F)F)c2)cs1. The molecular weight excluding hydrogens is 234 g/mol. The Balaban J connectivity index is 2.28. The highest BCUT2D eigenvalue weighted by molar-refractivity contribution is 7.13. The molecule has 2 rings (SSSR count). The molecule has 0 spiro atoms. The fraction of sp³-hybridized carbons (Fsp3) is 0.100. The number of anilines is 1. The van der Waals surface area contributed by atoms with Crippen LogP contribution in [0.1, 0.15) is 0 Å². The highest BCUT2D eigenvalue weighted by atomic mass is 32.1. The van der Waals surface area contributed by atoms with Gasteiger partial charge in [-0.2, -0.15) is 8.78 Å². The third-order valence-electron chi connectivity index (χ3n) is 1.88. The summed E-state index contributed by atoms with van der Waals surface area (Å²) in [5.41, 5.74) is 6.85. The van der Waals surface area contributed by atoms with Crippen molar-refractivity contribution in [3.05, 3.63) is 29.6 Å². The minimum absolute atomic E-state index is 0.110. The van der Waals surface area contributed by atoms with Crippen molar-refractivity contribution in [3.8, 4) is 17.0 Å². The van der Waals surface area contributed by atoms with Crippen molar-refractivity contribution >= 4 is 16.5 Å². The van der Waals surface area contributed by atoms with Crippen molar-refractivity contribution in [3.63, 3.8) is 0 Å². The number of aromatic nitrogens is 1. The summed E-state index contributed by atoms with van der Waals surface area (Å²) in [6.07, 6.45) is 0. The van der Waals surface area contributed by atoms with Gasteiger partial charge < -0.3 is 10.5 Å². The van der Waals surface area contributed by atoms with Gasteiger partial charge in [0.1, 0.15) is 5.75 Å². The number of nitrogens with two attached hydrogens (primary N) is 1. The van der Waals surface area contributed by atoms with E-state index in [-0.39, 0.29) is 5.75 Å². The van der Waals surface area contributed by atoms with Crippen LogP contribution in [-0.4, -0.2) is 11.6 Å². The normalized spacial score (nSPS) is 10.7. The van der Waals surface area contributed by atoms with Gasteiger partial charge in [-0.3, -0.25) is 0 Å². The van der Waals surface area contributed by atoms with E-state index in [4.69, 9.17) is 5.73 Å². The van der Waals surface area contributed by atoms with Crippen LogP contribution in [0.2, 0.25) is 0 Å². The summed E-state index contributed by atoms with van der Waals surface area (Å²) < 4.78 is 28.3. The number of hydrogen-bond acceptors (Lipinski definition) is 4. The van der Waals surface area contributed by atoms with Crippen molar-refractivity contribution in [1.82, 2.24) is 4.98 Å². The second-order valence-electron chi connectivity index (χ2n) is 2.98. The lowest BCUT2D eigenvalue weighted by Crippen LogP contribution is -2.01. The molecule has 1 aromatic carbocycles. The summed E-state index contributed by atoms with van der Waals surface area (Å²) in [6.45, 7) is -2.82. The van der Waals surface area contributed by atoms with Gasteiger partial charge in [0, 0.05) is 10.9 Å². The van der Waals surface area contributed by atoms with Crippen LogP contribution in [-0.2, 0) is 0 Å². The molecule has 0 saturated carbocycles. The molecule has 2 N–H and O–H groups in total. The minimum Gasteiger partial charge on any atom is -0.435 e. The van der Waals surface area contributed by atoms with Crippen molar-refractivity contribution < 1.29 is 13.5 Å². The number of nitrogen functional groups attached to an aromatic ring is 1. The molecule has 84 valence electrons. The molecule has 0 radical (unpaired) electrons. The first-order valence-corrected chi connectivity index (χ1v) is 5.29. The van der Waals surface area contributed by atoms with Crippen molar-refractivity contribution in [2.75, 3.05) is 5.73 Å². The number of halogens is 2. The van der Waals surface area contributed by atoms with E-state index in [1.54, 1.807) is 17.5 Å². The van der Waals surface area contributed by atoms with Gasteiger partial charge in [0.15, 0.2) is 5.13 Å². The molecule has 0 saturated heterocycles. The zero-order chi connectivity index (χ0) is 11.5. The van der Waals surface area contributed by atoms with E-state index in [1.807, 2.05) is 0 Å². The molecule has 3 nitrogen and oxygen atoms in total. The summed E-state index contributed by atoms with van der Waals surface area (Å²) >= 11 is 1.30. The van der Waals surface area contributed by atoms with Crippen molar-refractivity contribution in [1.29, 1.82) is 0 Å².